The molecule has 0 atom stereocenters. The molecule has 25 heavy (non-hydrogen) atoms. The molecule has 2 rings (SSSR count). The number of aromatic nitrogens is 2. The highest BCUT2D eigenvalue weighted by molar-refractivity contribution is 7.15. The number of carbonyl (C=O) groups is 1. The summed E-state index contributed by atoms with van der Waals surface area (Å²) in [5.74, 6) is 0.154. The van der Waals surface area contributed by atoms with Crippen molar-refractivity contribution in [3.05, 3.63) is 39.4 Å². The summed E-state index contributed by atoms with van der Waals surface area (Å²) in [5, 5.41) is 26.1. The highest BCUT2D eigenvalue weighted by Crippen LogP contribution is 2.28. The fraction of sp³-hybridized carbons (Fsp3) is 0.438. The molecule has 2 N–H and O–H groups in total. The van der Waals surface area contributed by atoms with Gasteiger partial charge in [0.2, 0.25) is 11.0 Å². The van der Waals surface area contributed by atoms with Gasteiger partial charge in [0, 0.05) is 24.9 Å². The van der Waals surface area contributed by atoms with Crippen LogP contribution in [0.25, 0.3) is 0 Å². The van der Waals surface area contributed by atoms with E-state index in [4.69, 9.17) is 0 Å². The van der Waals surface area contributed by atoms with Gasteiger partial charge in [-0.2, -0.15) is 0 Å². The summed E-state index contributed by atoms with van der Waals surface area (Å²) in [6, 6.07) is 6.34. The van der Waals surface area contributed by atoms with E-state index in [1.807, 2.05) is 0 Å². The lowest BCUT2D eigenvalue weighted by molar-refractivity contribution is -0.384. The Bertz CT molecular complexity index is 730. The van der Waals surface area contributed by atoms with Crippen molar-refractivity contribution in [2.24, 2.45) is 0 Å². The zero-order valence-electron chi connectivity index (χ0n) is 14.2. The normalized spacial score (nSPS) is 10.7. The Hall–Kier alpha value is -2.55. The maximum absolute atomic E-state index is 12.0. The van der Waals surface area contributed by atoms with Gasteiger partial charge in [0.05, 0.1) is 4.92 Å². The maximum Gasteiger partial charge on any atom is 0.292 e. The highest BCUT2D eigenvalue weighted by atomic mass is 32.1. The Labute approximate surface area is 149 Å². The number of nitrogens with one attached hydrogen (secondary N) is 2. The number of nitro benzene ring substituents is 1. The summed E-state index contributed by atoms with van der Waals surface area (Å²) in [5.41, 5.74) is 0.383. The summed E-state index contributed by atoms with van der Waals surface area (Å²) in [4.78, 5) is 22.5. The number of nitrogens with zero attached hydrogens (tertiary/aromatic N) is 3. The van der Waals surface area contributed by atoms with E-state index in [2.05, 4.69) is 34.7 Å². The van der Waals surface area contributed by atoms with Crippen LogP contribution in [0.1, 0.15) is 44.0 Å². The minimum absolute atomic E-state index is 0.0122. The van der Waals surface area contributed by atoms with Crippen molar-refractivity contribution in [1.29, 1.82) is 0 Å². The predicted molar refractivity (Wildman–Crippen MR) is 98.1 cm³/mol. The smallest absolute Gasteiger partial charge is 0.292 e. The van der Waals surface area contributed by atoms with Gasteiger partial charge >= 0.3 is 0 Å². The number of rotatable bonds is 9. The largest absolute Gasteiger partial charge is 0.379 e. The average molecular weight is 363 g/mol. The lowest BCUT2D eigenvalue weighted by Gasteiger charge is -2.07. The predicted octanol–water partition coefficient (Wildman–Crippen LogP) is 3.79. The third-order valence-electron chi connectivity index (χ3n) is 3.79. The molecule has 0 aliphatic carbocycles. The molecule has 0 saturated heterocycles. The first-order chi connectivity index (χ1) is 12.0. The second kappa shape index (κ2) is 9.07. The van der Waals surface area contributed by atoms with Crippen molar-refractivity contribution in [3.63, 3.8) is 0 Å². The molecule has 9 heteroatoms. The molecule has 0 fully saturated rings. The standard InChI is InChI=1S/C16H21N5O3S/c1-3-11(4-2)15-19-20-16(25-15)18-14(22)9-10-17-12-7-5-6-8-13(12)21(23)24/h5-8,11,17H,3-4,9-10H2,1-2H3,(H,18,20,22). The first-order valence-corrected chi connectivity index (χ1v) is 8.97. The summed E-state index contributed by atoms with van der Waals surface area (Å²) < 4.78 is 0. The van der Waals surface area contributed by atoms with Gasteiger partial charge in [-0.05, 0) is 18.9 Å². The molecular formula is C16H21N5O3S. The molecule has 1 amide bonds. The third kappa shape index (κ3) is 5.21. The van der Waals surface area contributed by atoms with E-state index in [9.17, 15) is 14.9 Å². The van der Waals surface area contributed by atoms with Gasteiger partial charge in [0.25, 0.3) is 5.69 Å². The maximum atomic E-state index is 12.0. The SMILES string of the molecule is CCC(CC)c1nnc(NC(=O)CCNc2ccccc2[N+](=O)[O-])s1. The van der Waals surface area contributed by atoms with Gasteiger partial charge in [-0.1, -0.05) is 37.3 Å². The molecule has 0 unspecified atom stereocenters. The third-order valence-corrected chi connectivity index (χ3v) is 4.79. The monoisotopic (exact) mass is 363 g/mol. The first-order valence-electron chi connectivity index (χ1n) is 8.15. The van der Waals surface area contributed by atoms with Crippen LogP contribution in [0, 0.1) is 10.1 Å². The number of hydrogen-bond donors (Lipinski definition) is 2. The van der Waals surface area contributed by atoms with E-state index >= 15 is 0 Å². The van der Waals surface area contributed by atoms with Crippen molar-refractivity contribution in [2.75, 3.05) is 17.2 Å². The molecule has 1 aromatic carbocycles. The van der Waals surface area contributed by atoms with Crippen LogP contribution in [-0.4, -0.2) is 27.6 Å². The number of anilines is 2. The van der Waals surface area contributed by atoms with E-state index in [0.717, 1.165) is 17.8 Å². The van der Waals surface area contributed by atoms with Gasteiger partial charge < -0.3 is 10.6 Å². The molecule has 2 aromatic rings. The van der Waals surface area contributed by atoms with Crippen molar-refractivity contribution in [1.82, 2.24) is 10.2 Å². The lowest BCUT2D eigenvalue weighted by atomic mass is 10.1. The summed E-state index contributed by atoms with van der Waals surface area (Å²) in [7, 11) is 0. The van der Waals surface area contributed by atoms with Gasteiger partial charge in [-0.15, -0.1) is 10.2 Å². The van der Waals surface area contributed by atoms with Gasteiger partial charge in [0.1, 0.15) is 10.7 Å². The Morgan fingerprint density at radius 3 is 2.68 bits per heavy atom. The number of carbonyl (C=O) groups excluding carboxylic acids is 1. The Morgan fingerprint density at radius 1 is 1.28 bits per heavy atom. The minimum Gasteiger partial charge on any atom is -0.379 e. The lowest BCUT2D eigenvalue weighted by Crippen LogP contribution is -2.16. The fourth-order valence-electron chi connectivity index (χ4n) is 2.36. The van der Waals surface area contributed by atoms with Crippen LogP contribution in [-0.2, 0) is 4.79 Å². The Morgan fingerprint density at radius 2 is 2.00 bits per heavy atom. The van der Waals surface area contributed by atoms with Crippen LogP contribution in [0.2, 0.25) is 0 Å². The molecule has 134 valence electrons. The number of benzene rings is 1. The van der Waals surface area contributed by atoms with Crippen LogP contribution in [0.4, 0.5) is 16.5 Å². The zero-order valence-corrected chi connectivity index (χ0v) is 15.0. The molecule has 0 radical (unpaired) electrons. The molecular weight excluding hydrogens is 342 g/mol. The zero-order chi connectivity index (χ0) is 18.2. The van der Waals surface area contributed by atoms with Crippen molar-refractivity contribution < 1.29 is 9.72 Å². The molecule has 0 spiro atoms. The summed E-state index contributed by atoms with van der Waals surface area (Å²) in [6.45, 7) is 4.49. The highest BCUT2D eigenvalue weighted by Gasteiger charge is 2.15. The number of amides is 1. The first kappa shape index (κ1) is 18.8. The van der Waals surface area contributed by atoms with Crippen LogP contribution >= 0.6 is 11.3 Å². The van der Waals surface area contributed by atoms with Crippen molar-refractivity contribution >= 4 is 33.8 Å². The van der Waals surface area contributed by atoms with Gasteiger partial charge in [-0.3, -0.25) is 14.9 Å². The quantitative estimate of drug-likeness (QED) is 0.518. The molecule has 1 heterocycles. The Kier molecular flexibility index (Phi) is 6.81. The van der Waals surface area contributed by atoms with Gasteiger partial charge in [0.15, 0.2) is 0 Å². The van der Waals surface area contributed by atoms with E-state index in [0.29, 0.717) is 16.7 Å². The number of nitro groups is 1. The van der Waals surface area contributed by atoms with Gasteiger partial charge in [-0.25, -0.2) is 0 Å². The number of para-hydroxylation sites is 2. The van der Waals surface area contributed by atoms with Crippen LogP contribution in [0.3, 0.4) is 0 Å². The molecule has 1 aromatic heterocycles. The molecule has 0 saturated carbocycles. The molecule has 0 aliphatic heterocycles. The topological polar surface area (TPSA) is 110 Å². The number of hydrogen-bond acceptors (Lipinski definition) is 7. The molecule has 0 bridgehead atoms. The Balaban J connectivity index is 1.85. The average Bonchev–Trinajstić information content (AvgIpc) is 3.04. The van der Waals surface area contributed by atoms with E-state index in [1.54, 1.807) is 18.2 Å². The van der Waals surface area contributed by atoms with E-state index in [-0.39, 0.29) is 24.6 Å². The summed E-state index contributed by atoms with van der Waals surface area (Å²) >= 11 is 1.39. The molecule has 0 aliphatic rings. The van der Waals surface area contributed by atoms with E-state index < -0.39 is 4.92 Å². The van der Waals surface area contributed by atoms with E-state index in [1.165, 1.54) is 17.4 Å². The molecule has 8 nitrogen and oxygen atoms in total. The second-order valence-corrected chi connectivity index (χ2v) is 6.47. The second-order valence-electron chi connectivity index (χ2n) is 5.46. The van der Waals surface area contributed by atoms with Crippen molar-refractivity contribution in [2.45, 2.75) is 39.0 Å². The van der Waals surface area contributed by atoms with Crippen molar-refractivity contribution in [3.8, 4) is 0 Å². The van der Waals surface area contributed by atoms with Crippen LogP contribution < -0.4 is 10.6 Å². The minimum atomic E-state index is -0.455. The van der Waals surface area contributed by atoms with Crippen LogP contribution in [0.15, 0.2) is 24.3 Å². The fourth-order valence-corrected chi connectivity index (χ4v) is 3.39. The summed E-state index contributed by atoms with van der Waals surface area (Å²) in [6.07, 6.45) is 2.14. The van der Waals surface area contributed by atoms with Crippen LogP contribution in [0.5, 0.6) is 0 Å².